The van der Waals surface area contributed by atoms with Crippen LogP contribution in [0.1, 0.15) is 38.2 Å². The molecule has 3 aromatic carbocycles. The van der Waals surface area contributed by atoms with Crippen LogP contribution < -0.4 is 19.5 Å². The van der Waals surface area contributed by atoms with Crippen molar-refractivity contribution in [3.63, 3.8) is 0 Å². The largest absolute Gasteiger partial charge is 0.493 e. The maximum atomic E-state index is 6.02. The molecule has 0 fully saturated rings. The monoisotopic (exact) mass is 419 g/mol. The number of ether oxygens (including phenoxy) is 3. The maximum absolute atomic E-state index is 6.02. The molecule has 4 heteroatoms. The van der Waals surface area contributed by atoms with Gasteiger partial charge in [-0.1, -0.05) is 68.7 Å². The molecule has 0 saturated carbocycles. The van der Waals surface area contributed by atoms with E-state index in [9.17, 15) is 0 Å². The Kier molecular flexibility index (Phi) is 9.61. The Hall–Kier alpha value is -3.14. The first kappa shape index (κ1) is 22.5. The van der Waals surface area contributed by atoms with Gasteiger partial charge in [-0.05, 0) is 36.8 Å². The van der Waals surface area contributed by atoms with Crippen molar-refractivity contribution in [1.29, 1.82) is 0 Å². The molecule has 3 rings (SSSR count). The third kappa shape index (κ3) is 8.25. The topological polar surface area (TPSA) is 39.7 Å². The summed E-state index contributed by atoms with van der Waals surface area (Å²) in [6, 6.07) is 26.0. The molecule has 0 aliphatic carbocycles. The lowest BCUT2D eigenvalue weighted by molar-refractivity contribution is 0.217. The fraction of sp³-hybridized carbons (Fsp3) is 0.333. The lowest BCUT2D eigenvalue weighted by Gasteiger charge is -2.14. The van der Waals surface area contributed by atoms with Gasteiger partial charge in [0.05, 0.1) is 6.61 Å². The van der Waals surface area contributed by atoms with Gasteiger partial charge >= 0.3 is 0 Å². The van der Waals surface area contributed by atoms with Crippen molar-refractivity contribution in [3.05, 3.63) is 84.4 Å². The first-order valence-electron chi connectivity index (χ1n) is 11.2. The highest BCUT2D eigenvalue weighted by molar-refractivity contribution is 5.49. The van der Waals surface area contributed by atoms with Crippen LogP contribution in [0, 0.1) is 0 Å². The molecule has 0 heterocycles. The van der Waals surface area contributed by atoms with E-state index in [0.717, 1.165) is 41.5 Å². The second-order valence-corrected chi connectivity index (χ2v) is 7.41. The van der Waals surface area contributed by atoms with Crippen LogP contribution in [0.2, 0.25) is 0 Å². The Bertz CT molecular complexity index is 882. The average Bonchev–Trinajstić information content (AvgIpc) is 2.82. The summed E-state index contributed by atoms with van der Waals surface area (Å²) in [5.74, 6) is 2.63. The molecule has 0 unspecified atom stereocenters. The van der Waals surface area contributed by atoms with Gasteiger partial charge in [-0.3, -0.25) is 0 Å². The SMILES string of the molecule is CCCCCCOc1ccccc1CNc1cccc(OCCOc2ccccc2)c1. The van der Waals surface area contributed by atoms with Gasteiger partial charge in [0.1, 0.15) is 30.5 Å². The molecule has 0 saturated heterocycles. The Balaban J connectivity index is 1.44. The van der Waals surface area contributed by atoms with Crippen molar-refractivity contribution < 1.29 is 14.2 Å². The van der Waals surface area contributed by atoms with E-state index in [-0.39, 0.29) is 0 Å². The summed E-state index contributed by atoms with van der Waals surface area (Å²) in [5.41, 5.74) is 2.17. The lowest BCUT2D eigenvalue weighted by Crippen LogP contribution is -2.09. The number of benzene rings is 3. The molecule has 0 aliphatic heterocycles. The van der Waals surface area contributed by atoms with E-state index in [1.165, 1.54) is 19.3 Å². The second-order valence-electron chi connectivity index (χ2n) is 7.41. The van der Waals surface area contributed by atoms with E-state index in [1.54, 1.807) is 0 Å². The van der Waals surface area contributed by atoms with Gasteiger partial charge in [-0.25, -0.2) is 0 Å². The average molecular weight is 420 g/mol. The van der Waals surface area contributed by atoms with E-state index >= 15 is 0 Å². The molecule has 164 valence electrons. The highest BCUT2D eigenvalue weighted by atomic mass is 16.5. The Morgan fingerprint density at radius 1 is 0.645 bits per heavy atom. The van der Waals surface area contributed by atoms with E-state index in [4.69, 9.17) is 14.2 Å². The summed E-state index contributed by atoms with van der Waals surface area (Å²) in [5, 5.41) is 3.48. The number of unbranched alkanes of at least 4 members (excludes halogenated alkanes) is 3. The van der Waals surface area contributed by atoms with Crippen molar-refractivity contribution in [2.45, 2.75) is 39.2 Å². The zero-order valence-electron chi connectivity index (χ0n) is 18.4. The van der Waals surface area contributed by atoms with E-state index in [0.29, 0.717) is 19.8 Å². The molecule has 0 radical (unpaired) electrons. The summed E-state index contributed by atoms with van der Waals surface area (Å²) < 4.78 is 17.5. The molecular weight excluding hydrogens is 386 g/mol. The molecule has 31 heavy (non-hydrogen) atoms. The van der Waals surface area contributed by atoms with E-state index in [1.807, 2.05) is 72.8 Å². The number of hydrogen-bond donors (Lipinski definition) is 1. The minimum atomic E-state index is 0.493. The van der Waals surface area contributed by atoms with Crippen LogP contribution in [0.25, 0.3) is 0 Å². The number of para-hydroxylation sites is 2. The minimum absolute atomic E-state index is 0.493. The Morgan fingerprint density at radius 2 is 1.39 bits per heavy atom. The normalized spacial score (nSPS) is 10.5. The van der Waals surface area contributed by atoms with Crippen molar-refractivity contribution in [3.8, 4) is 17.2 Å². The summed E-state index contributed by atoms with van der Waals surface area (Å²) in [7, 11) is 0. The molecule has 0 bridgehead atoms. The molecular formula is C27H33NO3. The van der Waals surface area contributed by atoms with Crippen LogP contribution in [0.15, 0.2) is 78.9 Å². The van der Waals surface area contributed by atoms with Crippen LogP contribution in [-0.2, 0) is 6.54 Å². The third-order valence-corrected chi connectivity index (χ3v) is 4.91. The van der Waals surface area contributed by atoms with Crippen molar-refractivity contribution >= 4 is 5.69 Å². The van der Waals surface area contributed by atoms with Crippen LogP contribution in [0.5, 0.6) is 17.2 Å². The van der Waals surface area contributed by atoms with Crippen LogP contribution >= 0.6 is 0 Å². The van der Waals surface area contributed by atoms with E-state index in [2.05, 4.69) is 18.3 Å². The first-order valence-corrected chi connectivity index (χ1v) is 11.2. The second kappa shape index (κ2) is 13.2. The molecule has 0 aromatic heterocycles. The zero-order chi connectivity index (χ0) is 21.6. The highest BCUT2D eigenvalue weighted by Gasteiger charge is 2.04. The van der Waals surface area contributed by atoms with Gasteiger partial charge in [-0.2, -0.15) is 0 Å². The Morgan fingerprint density at radius 3 is 2.23 bits per heavy atom. The van der Waals surface area contributed by atoms with Crippen molar-refractivity contribution in [2.75, 3.05) is 25.1 Å². The summed E-state index contributed by atoms with van der Waals surface area (Å²) in [6.07, 6.45) is 4.83. The standard InChI is InChI=1S/C27H33NO3/c1-2-3-4-10-18-31-27-17-9-8-12-23(27)22-28-24-13-11-16-26(21-24)30-20-19-29-25-14-6-5-7-15-25/h5-9,11-17,21,28H,2-4,10,18-20,22H2,1H3. The smallest absolute Gasteiger partial charge is 0.124 e. The van der Waals surface area contributed by atoms with Crippen LogP contribution in [0.4, 0.5) is 5.69 Å². The summed E-state index contributed by atoms with van der Waals surface area (Å²) in [4.78, 5) is 0. The molecule has 0 amide bonds. The fourth-order valence-corrected chi connectivity index (χ4v) is 3.23. The molecule has 0 spiro atoms. The fourth-order valence-electron chi connectivity index (χ4n) is 3.23. The molecule has 1 N–H and O–H groups in total. The predicted octanol–water partition coefficient (Wildman–Crippen LogP) is 6.72. The van der Waals surface area contributed by atoms with Gasteiger partial charge in [0, 0.05) is 23.9 Å². The third-order valence-electron chi connectivity index (χ3n) is 4.91. The zero-order valence-corrected chi connectivity index (χ0v) is 18.4. The Labute approximate surface area is 186 Å². The van der Waals surface area contributed by atoms with E-state index < -0.39 is 0 Å². The molecule has 3 aromatic rings. The van der Waals surface area contributed by atoms with Gasteiger partial charge in [0.15, 0.2) is 0 Å². The molecule has 0 aliphatic rings. The summed E-state index contributed by atoms with van der Waals surface area (Å²) >= 11 is 0. The van der Waals surface area contributed by atoms with Gasteiger partial charge < -0.3 is 19.5 Å². The molecule has 0 atom stereocenters. The van der Waals surface area contributed by atoms with Gasteiger partial charge in [-0.15, -0.1) is 0 Å². The molecule has 4 nitrogen and oxygen atoms in total. The van der Waals surface area contributed by atoms with Crippen molar-refractivity contribution in [1.82, 2.24) is 0 Å². The van der Waals surface area contributed by atoms with Gasteiger partial charge in [0.2, 0.25) is 0 Å². The van der Waals surface area contributed by atoms with Crippen LogP contribution in [0.3, 0.4) is 0 Å². The van der Waals surface area contributed by atoms with Crippen molar-refractivity contribution in [2.24, 2.45) is 0 Å². The number of nitrogens with one attached hydrogen (secondary N) is 1. The quantitative estimate of drug-likeness (QED) is 0.295. The number of rotatable bonds is 14. The lowest BCUT2D eigenvalue weighted by atomic mass is 10.2. The summed E-state index contributed by atoms with van der Waals surface area (Å²) in [6.45, 7) is 4.69. The highest BCUT2D eigenvalue weighted by Crippen LogP contribution is 2.22. The minimum Gasteiger partial charge on any atom is -0.493 e. The maximum Gasteiger partial charge on any atom is 0.124 e. The van der Waals surface area contributed by atoms with Crippen LogP contribution in [-0.4, -0.2) is 19.8 Å². The first-order chi connectivity index (χ1) is 15.3. The number of hydrogen-bond acceptors (Lipinski definition) is 4. The predicted molar refractivity (Wildman–Crippen MR) is 127 cm³/mol. The number of anilines is 1. The van der Waals surface area contributed by atoms with Gasteiger partial charge in [0.25, 0.3) is 0 Å².